The number of benzene rings is 2. The van der Waals surface area contributed by atoms with E-state index in [1.165, 1.54) is 0 Å². The third-order valence-corrected chi connectivity index (χ3v) is 3.42. The molecule has 0 saturated heterocycles. The normalized spacial score (nSPS) is 8.73. The van der Waals surface area contributed by atoms with Crippen molar-refractivity contribution in [1.29, 1.82) is 0 Å². The summed E-state index contributed by atoms with van der Waals surface area (Å²) < 4.78 is 0. The van der Waals surface area contributed by atoms with Gasteiger partial charge < -0.3 is 59.4 Å². The van der Waals surface area contributed by atoms with Gasteiger partial charge in [-0.2, -0.15) is 0 Å². The molecular formula is C18H6Ca3O12. The molecule has 2 aromatic carbocycles. The van der Waals surface area contributed by atoms with E-state index in [0.29, 0.717) is 0 Å². The van der Waals surface area contributed by atoms with Gasteiger partial charge in [-0.05, 0) is 0 Å². The molecule has 0 aliphatic rings. The summed E-state index contributed by atoms with van der Waals surface area (Å²) in [6.45, 7) is 0. The fourth-order valence-corrected chi connectivity index (χ4v) is 2.22. The number of carboxylic acid groups (broad SMARTS) is 6. The van der Waals surface area contributed by atoms with E-state index in [1.54, 1.807) is 0 Å². The zero-order chi connectivity index (χ0) is 23.2. The summed E-state index contributed by atoms with van der Waals surface area (Å²) in [5.41, 5.74) is -4.91. The number of aromatic carboxylic acids is 6. The van der Waals surface area contributed by atoms with Gasteiger partial charge in [-0.1, -0.05) is 36.4 Å². The van der Waals surface area contributed by atoms with Crippen LogP contribution >= 0.6 is 0 Å². The van der Waals surface area contributed by atoms with Crippen molar-refractivity contribution in [3.05, 3.63) is 69.8 Å². The zero-order valence-electron chi connectivity index (χ0n) is 16.5. The minimum absolute atomic E-state index is 0. The average molecular weight is 534 g/mol. The van der Waals surface area contributed by atoms with Crippen molar-refractivity contribution in [3.63, 3.8) is 0 Å². The standard InChI is InChI=1S/2C9H6O6.3Ca/c2*10-7(11)4-2-1-3-5(8(12)13)6(4)9(14)15;;;/h2*1-3H,(H,10,11)(H,12,13)(H,14,15);;;/q;;3*+2/p-6. The maximum atomic E-state index is 10.6. The SMILES string of the molecule is O=C([O-])c1cccc(C(=O)[O-])c1C(=O)[O-].O=C([O-])c1cccc(C(=O)[O-])c1C(=O)[O-].[Ca+2].[Ca+2].[Ca+2]. The average Bonchev–Trinajstić information content (AvgIpc) is 2.66. The Morgan fingerprint density at radius 1 is 0.394 bits per heavy atom. The molecule has 33 heavy (non-hydrogen) atoms. The summed E-state index contributed by atoms with van der Waals surface area (Å²) in [5, 5.41) is 63.1. The molecule has 0 amide bonds. The Kier molecular flexibility index (Phi) is 18.4. The monoisotopic (exact) mass is 534 g/mol. The predicted octanol–water partition coefficient (Wildman–Crippen LogP) is -7.59. The molecule has 0 atom stereocenters. The maximum Gasteiger partial charge on any atom is 2.00 e. The fraction of sp³-hybridized carbons (Fsp3) is 0. The first-order valence-electron chi connectivity index (χ1n) is 7.44. The van der Waals surface area contributed by atoms with Crippen molar-refractivity contribution >= 4 is 149 Å². The Hall–Kier alpha value is -0.961. The van der Waals surface area contributed by atoms with Crippen LogP contribution in [0.25, 0.3) is 0 Å². The third kappa shape index (κ3) is 10.0. The molecule has 2 aromatic rings. The van der Waals surface area contributed by atoms with E-state index >= 15 is 0 Å². The molecule has 0 aromatic heterocycles. The van der Waals surface area contributed by atoms with Crippen LogP contribution in [0.4, 0.5) is 0 Å². The topological polar surface area (TPSA) is 241 Å². The van der Waals surface area contributed by atoms with Crippen LogP contribution in [-0.2, 0) is 0 Å². The molecule has 15 heteroatoms. The first kappa shape index (κ1) is 36.6. The maximum absolute atomic E-state index is 10.6. The van der Waals surface area contributed by atoms with Gasteiger partial charge in [0.25, 0.3) is 0 Å². The number of carbonyl (C=O) groups excluding carboxylic acids is 6. The third-order valence-electron chi connectivity index (χ3n) is 3.42. The molecule has 12 nitrogen and oxygen atoms in total. The van der Waals surface area contributed by atoms with E-state index < -0.39 is 69.2 Å². The Morgan fingerprint density at radius 3 is 0.697 bits per heavy atom. The predicted molar refractivity (Wildman–Crippen MR) is 96.1 cm³/mol. The largest absolute Gasteiger partial charge is 2.00 e. The Labute approximate surface area is 274 Å². The van der Waals surface area contributed by atoms with Crippen LogP contribution in [-0.4, -0.2) is 149 Å². The van der Waals surface area contributed by atoms with E-state index in [1.807, 2.05) is 0 Å². The van der Waals surface area contributed by atoms with Crippen LogP contribution in [0.3, 0.4) is 0 Å². The number of carboxylic acids is 6. The van der Waals surface area contributed by atoms with Crippen molar-refractivity contribution in [2.45, 2.75) is 0 Å². The number of hydrogen-bond donors (Lipinski definition) is 0. The molecule has 0 unspecified atom stereocenters. The Bertz CT molecular complexity index is 931. The molecule has 0 heterocycles. The minimum atomic E-state index is -1.91. The molecule has 2 rings (SSSR count). The first-order chi connectivity index (χ1) is 13.9. The van der Waals surface area contributed by atoms with Gasteiger partial charge in [-0.3, -0.25) is 0 Å². The molecule has 0 fully saturated rings. The van der Waals surface area contributed by atoms with Crippen LogP contribution in [0.5, 0.6) is 0 Å². The molecule has 0 spiro atoms. The van der Waals surface area contributed by atoms with E-state index in [2.05, 4.69) is 0 Å². The molecule has 0 aliphatic carbocycles. The summed E-state index contributed by atoms with van der Waals surface area (Å²) in [6.07, 6.45) is 0. The van der Waals surface area contributed by atoms with Crippen LogP contribution in [0.2, 0.25) is 0 Å². The van der Waals surface area contributed by atoms with Gasteiger partial charge in [-0.25, -0.2) is 0 Å². The summed E-state index contributed by atoms with van der Waals surface area (Å²) >= 11 is 0. The Morgan fingerprint density at radius 2 is 0.576 bits per heavy atom. The molecule has 0 radical (unpaired) electrons. The Balaban J connectivity index is -0.000000500. The van der Waals surface area contributed by atoms with Crippen LogP contribution in [0.1, 0.15) is 62.1 Å². The van der Waals surface area contributed by atoms with Crippen molar-refractivity contribution < 1.29 is 59.4 Å². The summed E-state index contributed by atoms with van der Waals surface area (Å²) in [5.74, 6) is -11.0. The second-order valence-electron chi connectivity index (χ2n) is 5.18. The van der Waals surface area contributed by atoms with Crippen LogP contribution in [0, 0.1) is 0 Å². The number of carbonyl (C=O) groups is 6. The van der Waals surface area contributed by atoms with Gasteiger partial charge in [0.2, 0.25) is 0 Å². The van der Waals surface area contributed by atoms with E-state index in [-0.39, 0.29) is 113 Å². The second-order valence-corrected chi connectivity index (χ2v) is 5.18. The molecule has 0 N–H and O–H groups in total. The quantitative estimate of drug-likeness (QED) is 0.314. The number of rotatable bonds is 6. The molecule has 0 aliphatic heterocycles. The van der Waals surface area contributed by atoms with E-state index in [9.17, 15) is 59.4 Å². The van der Waals surface area contributed by atoms with Gasteiger partial charge in [0.1, 0.15) is 0 Å². The van der Waals surface area contributed by atoms with Crippen LogP contribution in [0.15, 0.2) is 36.4 Å². The first-order valence-corrected chi connectivity index (χ1v) is 7.44. The van der Waals surface area contributed by atoms with Crippen molar-refractivity contribution in [2.75, 3.05) is 0 Å². The van der Waals surface area contributed by atoms with E-state index in [4.69, 9.17) is 0 Å². The summed E-state index contributed by atoms with van der Waals surface area (Å²) in [7, 11) is 0. The summed E-state index contributed by atoms with van der Waals surface area (Å²) in [4.78, 5) is 63.1. The van der Waals surface area contributed by atoms with Gasteiger partial charge in [0, 0.05) is 33.4 Å². The second kappa shape index (κ2) is 16.6. The van der Waals surface area contributed by atoms with Gasteiger partial charge in [0.15, 0.2) is 0 Å². The van der Waals surface area contributed by atoms with Gasteiger partial charge in [-0.15, -0.1) is 0 Å². The summed E-state index contributed by atoms with van der Waals surface area (Å²) in [6, 6.07) is 5.78. The molecular weight excluding hydrogens is 528 g/mol. The number of hydrogen-bond acceptors (Lipinski definition) is 12. The minimum Gasteiger partial charge on any atom is -0.545 e. The molecule has 0 bridgehead atoms. The smallest absolute Gasteiger partial charge is 0.545 e. The zero-order valence-corrected chi connectivity index (χ0v) is 23.1. The van der Waals surface area contributed by atoms with Crippen molar-refractivity contribution in [1.82, 2.24) is 0 Å². The van der Waals surface area contributed by atoms with E-state index in [0.717, 1.165) is 36.4 Å². The van der Waals surface area contributed by atoms with Crippen LogP contribution < -0.4 is 30.6 Å². The van der Waals surface area contributed by atoms with Gasteiger partial charge >= 0.3 is 113 Å². The van der Waals surface area contributed by atoms with Gasteiger partial charge in [0.05, 0.1) is 35.8 Å². The molecule has 156 valence electrons. The van der Waals surface area contributed by atoms with Crippen molar-refractivity contribution in [3.8, 4) is 0 Å². The fourth-order valence-electron chi connectivity index (χ4n) is 2.22. The molecule has 0 saturated carbocycles. The van der Waals surface area contributed by atoms with Crippen molar-refractivity contribution in [2.24, 2.45) is 0 Å².